The fourth-order valence-corrected chi connectivity index (χ4v) is 3.29. The quantitative estimate of drug-likeness (QED) is 0.690. The summed E-state index contributed by atoms with van der Waals surface area (Å²) in [6, 6.07) is 11.2. The number of carbonyl (C=O) groups is 1. The highest BCUT2D eigenvalue weighted by atomic mass is 19.1. The molecule has 1 saturated heterocycles. The first-order valence-electron chi connectivity index (χ1n) is 9.15. The van der Waals surface area contributed by atoms with Gasteiger partial charge in [0.25, 0.3) is 5.91 Å². The lowest BCUT2D eigenvalue weighted by Crippen LogP contribution is -2.38. The highest BCUT2D eigenvalue weighted by Crippen LogP contribution is 2.29. The number of aromatic nitrogens is 3. The van der Waals surface area contributed by atoms with Crippen LogP contribution in [-0.2, 0) is 0 Å². The molecule has 2 aromatic heterocycles. The van der Waals surface area contributed by atoms with Gasteiger partial charge in [-0.15, -0.1) is 0 Å². The van der Waals surface area contributed by atoms with Crippen molar-refractivity contribution in [2.75, 3.05) is 13.1 Å². The molecule has 0 radical (unpaired) electrons. The predicted molar refractivity (Wildman–Crippen MR) is 101 cm³/mol. The summed E-state index contributed by atoms with van der Waals surface area (Å²) in [6.07, 6.45) is 6.43. The number of benzene rings is 1. The molecule has 3 heterocycles. The minimum Gasteiger partial charge on any atom is -0.437 e. The van der Waals surface area contributed by atoms with Gasteiger partial charge in [0, 0.05) is 37.5 Å². The van der Waals surface area contributed by atoms with Crippen molar-refractivity contribution in [1.29, 1.82) is 0 Å². The molecule has 6 nitrogen and oxygen atoms in total. The Morgan fingerprint density at radius 2 is 1.96 bits per heavy atom. The molecule has 3 aromatic rings. The molecule has 4 rings (SSSR count). The summed E-state index contributed by atoms with van der Waals surface area (Å²) in [6.45, 7) is 1.27. The molecule has 0 atom stereocenters. The molecule has 1 amide bonds. The summed E-state index contributed by atoms with van der Waals surface area (Å²) in [7, 11) is 0. The van der Waals surface area contributed by atoms with Crippen LogP contribution >= 0.6 is 0 Å². The summed E-state index contributed by atoms with van der Waals surface area (Å²) < 4.78 is 18.9. The van der Waals surface area contributed by atoms with E-state index in [0.29, 0.717) is 30.4 Å². The van der Waals surface area contributed by atoms with Crippen molar-refractivity contribution in [3.05, 3.63) is 78.3 Å². The number of likely N-dealkylation sites (tertiary alicyclic amines) is 1. The average molecular weight is 378 g/mol. The summed E-state index contributed by atoms with van der Waals surface area (Å²) in [5.74, 6) is 0.480. The van der Waals surface area contributed by atoms with Crippen LogP contribution in [0.3, 0.4) is 0 Å². The van der Waals surface area contributed by atoms with Gasteiger partial charge in [-0.05, 0) is 37.1 Å². The second-order valence-corrected chi connectivity index (χ2v) is 6.62. The maximum absolute atomic E-state index is 13.3. The standard InChI is InChI=1S/C21H19FN4O2/c22-16-4-3-5-17(12-16)28-20-14-23-13-19(25-20)15-7-10-26(11-8-15)21(27)18-6-1-2-9-24-18/h1-6,9,12-15H,7-8,10-11H2. The van der Waals surface area contributed by atoms with E-state index in [2.05, 4.69) is 15.0 Å². The molecule has 1 aliphatic rings. The third-order valence-corrected chi connectivity index (χ3v) is 4.73. The Hall–Kier alpha value is -3.35. The van der Waals surface area contributed by atoms with E-state index in [-0.39, 0.29) is 17.6 Å². The number of piperidine rings is 1. The van der Waals surface area contributed by atoms with E-state index in [1.165, 1.54) is 18.3 Å². The molecule has 7 heteroatoms. The molecule has 142 valence electrons. The molecule has 0 unspecified atom stereocenters. The number of pyridine rings is 1. The number of ether oxygens (including phenoxy) is 1. The minimum absolute atomic E-state index is 0.0478. The Kier molecular flexibility index (Phi) is 5.23. The Bertz CT molecular complexity index is 959. The third-order valence-electron chi connectivity index (χ3n) is 4.73. The molecular weight excluding hydrogens is 359 g/mol. The van der Waals surface area contributed by atoms with Crippen LogP contribution < -0.4 is 4.74 Å². The number of hydrogen-bond acceptors (Lipinski definition) is 5. The first-order chi connectivity index (χ1) is 13.7. The zero-order valence-corrected chi connectivity index (χ0v) is 15.2. The van der Waals surface area contributed by atoms with Crippen molar-refractivity contribution in [2.45, 2.75) is 18.8 Å². The summed E-state index contributed by atoms with van der Waals surface area (Å²) in [4.78, 5) is 27.2. The van der Waals surface area contributed by atoms with Crippen LogP contribution in [0.15, 0.2) is 61.1 Å². The van der Waals surface area contributed by atoms with Gasteiger partial charge in [0.15, 0.2) is 0 Å². The zero-order valence-electron chi connectivity index (χ0n) is 15.2. The van der Waals surface area contributed by atoms with E-state index in [9.17, 15) is 9.18 Å². The van der Waals surface area contributed by atoms with Crippen LogP contribution in [0.25, 0.3) is 0 Å². The Balaban J connectivity index is 1.40. The molecular formula is C21H19FN4O2. The number of hydrogen-bond donors (Lipinski definition) is 0. The van der Waals surface area contributed by atoms with Crippen LogP contribution in [0.5, 0.6) is 11.6 Å². The summed E-state index contributed by atoms with van der Waals surface area (Å²) in [5.41, 5.74) is 1.28. The van der Waals surface area contributed by atoms with Crippen molar-refractivity contribution in [2.24, 2.45) is 0 Å². The van der Waals surface area contributed by atoms with Gasteiger partial charge >= 0.3 is 0 Å². The lowest BCUT2D eigenvalue weighted by molar-refractivity contribution is 0.0706. The molecule has 28 heavy (non-hydrogen) atoms. The highest BCUT2D eigenvalue weighted by molar-refractivity contribution is 5.92. The Morgan fingerprint density at radius 3 is 2.71 bits per heavy atom. The van der Waals surface area contributed by atoms with Crippen LogP contribution in [0.4, 0.5) is 4.39 Å². The first kappa shape index (κ1) is 18.0. The van der Waals surface area contributed by atoms with E-state index >= 15 is 0 Å². The smallest absolute Gasteiger partial charge is 0.272 e. The van der Waals surface area contributed by atoms with Crippen molar-refractivity contribution in [3.63, 3.8) is 0 Å². The van der Waals surface area contributed by atoms with Gasteiger partial charge < -0.3 is 9.64 Å². The molecule has 1 aliphatic heterocycles. The lowest BCUT2D eigenvalue weighted by atomic mass is 9.93. The Labute approximate surface area is 162 Å². The van der Waals surface area contributed by atoms with Crippen LogP contribution in [-0.4, -0.2) is 38.8 Å². The van der Waals surface area contributed by atoms with E-state index in [0.717, 1.165) is 18.5 Å². The number of rotatable bonds is 4. The fraction of sp³-hybridized carbons (Fsp3) is 0.238. The zero-order chi connectivity index (χ0) is 19.3. The number of halogens is 1. The number of nitrogens with zero attached hydrogens (tertiary/aromatic N) is 4. The maximum Gasteiger partial charge on any atom is 0.272 e. The molecule has 1 aromatic carbocycles. The van der Waals surface area contributed by atoms with Gasteiger partial charge in [0.1, 0.15) is 17.3 Å². The average Bonchev–Trinajstić information content (AvgIpc) is 2.74. The van der Waals surface area contributed by atoms with Gasteiger partial charge in [0.2, 0.25) is 5.88 Å². The van der Waals surface area contributed by atoms with Gasteiger partial charge in [-0.1, -0.05) is 12.1 Å². The molecule has 0 bridgehead atoms. The summed E-state index contributed by atoms with van der Waals surface area (Å²) >= 11 is 0. The lowest BCUT2D eigenvalue weighted by Gasteiger charge is -2.31. The molecule has 0 saturated carbocycles. The fourth-order valence-electron chi connectivity index (χ4n) is 3.29. The maximum atomic E-state index is 13.3. The third kappa shape index (κ3) is 4.14. The molecule has 1 fully saturated rings. The van der Waals surface area contributed by atoms with Crippen molar-refractivity contribution < 1.29 is 13.9 Å². The monoisotopic (exact) mass is 378 g/mol. The molecule has 0 spiro atoms. The highest BCUT2D eigenvalue weighted by Gasteiger charge is 2.26. The van der Waals surface area contributed by atoms with E-state index in [1.54, 1.807) is 36.7 Å². The van der Waals surface area contributed by atoms with Gasteiger partial charge in [-0.3, -0.25) is 14.8 Å². The van der Waals surface area contributed by atoms with Gasteiger partial charge in [0.05, 0.1) is 11.9 Å². The molecule has 0 N–H and O–H groups in total. The van der Waals surface area contributed by atoms with E-state index in [1.807, 2.05) is 11.0 Å². The topological polar surface area (TPSA) is 68.2 Å². The number of carbonyl (C=O) groups excluding carboxylic acids is 1. The van der Waals surface area contributed by atoms with Crippen molar-refractivity contribution >= 4 is 5.91 Å². The van der Waals surface area contributed by atoms with Crippen LogP contribution in [0.1, 0.15) is 34.9 Å². The van der Waals surface area contributed by atoms with Crippen molar-refractivity contribution in [3.8, 4) is 11.6 Å². The van der Waals surface area contributed by atoms with Crippen LogP contribution in [0.2, 0.25) is 0 Å². The second kappa shape index (κ2) is 8.12. The van der Waals surface area contributed by atoms with Gasteiger partial charge in [-0.2, -0.15) is 0 Å². The molecule has 0 aliphatic carbocycles. The van der Waals surface area contributed by atoms with Gasteiger partial charge in [-0.25, -0.2) is 9.37 Å². The Morgan fingerprint density at radius 1 is 1.11 bits per heavy atom. The second-order valence-electron chi connectivity index (χ2n) is 6.62. The SMILES string of the molecule is O=C(c1ccccn1)N1CCC(c2cncc(Oc3cccc(F)c3)n2)CC1. The van der Waals surface area contributed by atoms with Crippen molar-refractivity contribution in [1.82, 2.24) is 19.9 Å². The van der Waals surface area contributed by atoms with E-state index < -0.39 is 0 Å². The number of amides is 1. The predicted octanol–water partition coefficient (Wildman–Crippen LogP) is 3.82. The van der Waals surface area contributed by atoms with E-state index in [4.69, 9.17) is 4.74 Å². The summed E-state index contributed by atoms with van der Waals surface area (Å²) in [5, 5.41) is 0. The first-order valence-corrected chi connectivity index (χ1v) is 9.15. The largest absolute Gasteiger partial charge is 0.437 e. The van der Waals surface area contributed by atoms with Crippen LogP contribution in [0, 0.1) is 5.82 Å². The normalized spacial score (nSPS) is 14.7. The minimum atomic E-state index is -0.369.